The topological polar surface area (TPSA) is 43.8 Å². The normalized spacial score (nSPS) is 10.9. The van der Waals surface area contributed by atoms with E-state index in [1.165, 1.54) is 0 Å². The van der Waals surface area contributed by atoms with Crippen LogP contribution in [0.15, 0.2) is 6.33 Å². The van der Waals surface area contributed by atoms with Crippen LogP contribution in [0, 0.1) is 12.8 Å². The summed E-state index contributed by atoms with van der Waals surface area (Å²) in [5, 5.41) is 0. The number of hydrogen-bond acceptors (Lipinski definition) is 2. The summed E-state index contributed by atoms with van der Waals surface area (Å²) < 4.78 is 1.99. The van der Waals surface area contributed by atoms with Gasteiger partial charge in [-0.3, -0.25) is 0 Å². The molecule has 0 aliphatic carbocycles. The van der Waals surface area contributed by atoms with Gasteiger partial charge in [-0.05, 0) is 12.8 Å². The highest BCUT2D eigenvalue weighted by Gasteiger charge is 2.03. The van der Waals surface area contributed by atoms with Crippen molar-refractivity contribution in [3.63, 3.8) is 0 Å². The van der Waals surface area contributed by atoms with Crippen molar-refractivity contribution >= 4 is 5.82 Å². The highest BCUT2D eigenvalue weighted by Crippen LogP contribution is 2.10. The third kappa shape index (κ3) is 1.73. The van der Waals surface area contributed by atoms with E-state index in [1.54, 1.807) is 6.33 Å². The molecule has 0 radical (unpaired) electrons. The third-order valence-electron chi connectivity index (χ3n) is 1.63. The van der Waals surface area contributed by atoms with Crippen LogP contribution in [0.3, 0.4) is 0 Å². The van der Waals surface area contributed by atoms with Crippen molar-refractivity contribution in [2.75, 3.05) is 5.73 Å². The van der Waals surface area contributed by atoms with Crippen molar-refractivity contribution in [1.82, 2.24) is 9.55 Å². The van der Waals surface area contributed by atoms with E-state index < -0.39 is 0 Å². The molecule has 0 saturated carbocycles. The molecule has 1 aromatic rings. The summed E-state index contributed by atoms with van der Waals surface area (Å²) in [7, 11) is 0. The Balaban J connectivity index is 2.79. The Morgan fingerprint density at radius 1 is 1.64 bits per heavy atom. The number of nitrogen functional groups attached to an aromatic ring is 1. The van der Waals surface area contributed by atoms with Crippen LogP contribution in [-0.2, 0) is 6.54 Å². The fraction of sp³-hybridized carbons (Fsp3) is 0.625. The Morgan fingerprint density at radius 2 is 2.27 bits per heavy atom. The lowest BCUT2D eigenvalue weighted by atomic mass is 10.2. The van der Waals surface area contributed by atoms with Gasteiger partial charge in [0.2, 0.25) is 0 Å². The van der Waals surface area contributed by atoms with Crippen molar-refractivity contribution in [3.05, 3.63) is 12.0 Å². The van der Waals surface area contributed by atoms with Crippen LogP contribution in [0.2, 0.25) is 0 Å². The van der Waals surface area contributed by atoms with Gasteiger partial charge in [-0.25, -0.2) is 4.98 Å². The van der Waals surface area contributed by atoms with Crippen molar-refractivity contribution in [2.45, 2.75) is 27.3 Å². The molecule has 0 bridgehead atoms. The third-order valence-corrected chi connectivity index (χ3v) is 1.63. The van der Waals surface area contributed by atoms with Gasteiger partial charge >= 0.3 is 0 Å². The number of imidazole rings is 1. The number of rotatable bonds is 2. The average molecular weight is 153 g/mol. The molecule has 2 N–H and O–H groups in total. The quantitative estimate of drug-likeness (QED) is 0.698. The monoisotopic (exact) mass is 153 g/mol. The zero-order valence-corrected chi connectivity index (χ0v) is 7.33. The lowest BCUT2D eigenvalue weighted by Gasteiger charge is -2.07. The SMILES string of the molecule is Cc1ncn(CC(C)C)c1N. The molecule has 0 spiro atoms. The van der Waals surface area contributed by atoms with Crippen LogP contribution >= 0.6 is 0 Å². The van der Waals surface area contributed by atoms with E-state index >= 15 is 0 Å². The largest absolute Gasteiger partial charge is 0.384 e. The maximum Gasteiger partial charge on any atom is 0.126 e. The molecule has 62 valence electrons. The minimum atomic E-state index is 0.617. The molecule has 1 aromatic heterocycles. The van der Waals surface area contributed by atoms with Gasteiger partial charge in [0.15, 0.2) is 0 Å². The molecule has 3 nitrogen and oxygen atoms in total. The second-order valence-corrected chi connectivity index (χ2v) is 3.26. The molecule has 0 amide bonds. The zero-order valence-electron chi connectivity index (χ0n) is 7.33. The Bertz CT molecular complexity index is 237. The molecule has 0 aliphatic rings. The van der Waals surface area contributed by atoms with Gasteiger partial charge in [0, 0.05) is 6.54 Å². The number of hydrogen-bond donors (Lipinski definition) is 1. The molecule has 0 fully saturated rings. The van der Waals surface area contributed by atoms with Crippen molar-refractivity contribution in [1.29, 1.82) is 0 Å². The van der Waals surface area contributed by atoms with E-state index in [2.05, 4.69) is 18.8 Å². The van der Waals surface area contributed by atoms with Crippen LogP contribution in [0.25, 0.3) is 0 Å². The molecule has 0 atom stereocenters. The van der Waals surface area contributed by atoms with E-state index in [9.17, 15) is 0 Å². The molecular weight excluding hydrogens is 138 g/mol. The lowest BCUT2D eigenvalue weighted by Crippen LogP contribution is -2.06. The minimum absolute atomic E-state index is 0.617. The maximum atomic E-state index is 5.75. The first kappa shape index (κ1) is 8.11. The number of anilines is 1. The zero-order chi connectivity index (χ0) is 8.43. The van der Waals surface area contributed by atoms with Crippen LogP contribution < -0.4 is 5.73 Å². The maximum absolute atomic E-state index is 5.75. The molecule has 1 heterocycles. The van der Waals surface area contributed by atoms with E-state index in [0.717, 1.165) is 18.1 Å². The molecule has 0 saturated heterocycles. The van der Waals surface area contributed by atoms with Crippen molar-refractivity contribution < 1.29 is 0 Å². The predicted molar refractivity (Wildman–Crippen MR) is 46.2 cm³/mol. The van der Waals surface area contributed by atoms with Crippen molar-refractivity contribution in [3.8, 4) is 0 Å². The van der Waals surface area contributed by atoms with Crippen molar-refractivity contribution in [2.24, 2.45) is 5.92 Å². The van der Waals surface area contributed by atoms with Crippen LogP contribution in [0.4, 0.5) is 5.82 Å². The second-order valence-electron chi connectivity index (χ2n) is 3.26. The van der Waals surface area contributed by atoms with E-state index in [-0.39, 0.29) is 0 Å². The summed E-state index contributed by atoms with van der Waals surface area (Å²) in [6.45, 7) is 7.20. The van der Waals surface area contributed by atoms with Gasteiger partial charge in [-0.15, -0.1) is 0 Å². The Morgan fingerprint density at radius 3 is 2.64 bits per heavy atom. The first-order valence-electron chi connectivity index (χ1n) is 3.88. The second kappa shape index (κ2) is 2.95. The molecule has 0 aromatic carbocycles. The Kier molecular flexibility index (Phi) is 2.17. The number of aryl methyl sites for hydroxylation is 1. The summed E-state index contributed by atoms with van der Waals surface area (Å²) in [6, 6.07) is 0. The van der Waals surface area contributed by atoms with Gasteiger partial charge in [-0.2, -0.15) is 0 Å². The molecular formula is C8H15N3. The van der Waals surface area contributed by atoms with Crippen LogP contribution in [-0.4, -0.2) is 9.55 Å². The number of nitrogens with zero attached hydrogens (tertiary/aromatic N) is 2. The number of aromatic nitrogens is 2. The summed E-state index contributed by atoms with van der Waals surface area (Å²) in [5.41, 5.74) is 6.67. The summed E-state index contributed by atoms with van der Waals surface area (Å²) in [6.07, 6.45) is 1.80. The summed E-state index contributed by atoms with van der Waals surface area (Å²) in [4.78, 5) is 4.11. The highest BCUT2D eigenvalue weighted by atomic mass is 15.1. The van der Waals surface area contributed by atoms with Gasteiger partial charge in [-0.1, -0.05) is 13.8 Å². The first-order valence-corrected chi connectivity index (χ1v) is 3.88. The van der Waals surface area contributed by atoms with Crippen LogP contribution in [0.1, 0.15) is 19.5 Å². The first-order chi connectivity index (χ1) is 5.11. The van der Waals surface area contributed by atoms with Gasteiger partial charge < -0.3 is 10.3 Å². The summed E-state index contributed by atoms with van der Waals surface area (Å²) >= 11 is 0. The molecule has 0 unspecified atom stereocenters. The minimum Gasteiger partial charge on any atom is -0.384 e. The molecule has 1 rings (SSSR count). The van der Waals surface area contributed by atoms with Gasteiger partial charge in [0.25, 0.3) is 0 Å². The standard InChI is InChI=1S/C8H15N3/c1-6(2)4-11-5-10-7(3)8(11)9/h5-6H,4,9H2,1-3H3. The fourth-order valence-corrected chi connectivity index (χ4v) is 1.03. The average Bonchev–Trinajstić information content (AvgIpc) is 2.18. The summed E-state index contributed by atoms with van der Waals surface area (Å²) in [5.74, 6) is 1.41. The number of nitrogens with two attached hydrogens (primary N) is 1. The Hall–Kier alpha value is -0.990. The highest BCUT2D eigenvalue weighted by molar-refractivity contribution is 5.34. The predicted octanol–water partition coefficient (Wildman–Crippen LogP) is 1.43. The Labute approximate surface area is 67.2 Å². The fourth-order valence-electron chi connectivity index (χ4n) is 1.03. The smallest absolute Gasteiger partial charge is 0.126 e. The molecule has 11 heavy (non-hydrogen) atoms. The molecule has 0 aliphatic heterocycles. The van der Waals surface area contributed by atoms with E-state index in [0.29, 0.717) is 5.92 Å². The lowest BCUT2D eigenvalue weighted by molar-refractivity contribution is 0.527. The van der Waals surface area contributed by atoms with Crippen LogP contribution in [0.5, 0.6) is 0 Å². The van der Waals surface area contributed by atoms with Gasteiger partial charge in [0.1, 0.15) is 5.82 Å². The van der Waals surface area contributed by atoms with E-state index in [4.69, 9.17) is 5.73 Å². The van der Waals surface area contributed by atoms with E-state index in [1.807, 2.05) is 11.5 Å². The molecule has 3 heteroatoms. The van der Waals surface area contributed by atoms with Gasteiger partial charge in [0.05, 0.1) is 12.0 Å².